The molecule has 2 N–H and O–H groups in total. The lowest BCUT2D eigenvalue weighted by molar-refractivity contribution is 0.569. The third kappa shape index (κ3) is 8.39. The molecule has 5 nitrogen and oxygen atoms in total. The van der Waals surface area contributed by atoms with Crippen LogP contribution in [0.3, 0.4) is 0 Å². The molecule has 1 rings (SSSR count). The average molecular weight is 393 g/mol. The lowest BCUT2D eigenvalue weighted by atomic mass is 10.2. The molecule has 0 unspecified atom stereocenters. The standard InChI is InChI=1S/C14H27N5.HI/c1-5-15-14(17-9-12(2)3)16-7-6-8-19-11-13(4)10-18-19;/h10-12H,5-9H2,1-4H3,(H2,15,16,17);1H. The van der Waals surface area contributed by atoms with Gasteiger partial charge in [-0.05, 0) is 31.7 Å². The molecule has 1 aromatic rings. The van der Waals surface area contributed by atoms with Gasteiger partial charge < -0.3 is 10.6 Å². The molecule has 0 atom stereocenters. The van der Waals surface area contributed by atoms with E-state index in [0.29, 0.717) is 5.92 Å². The van der Waals surface area contributed by atoms with Crippen LogP contribution >= 0.6 is 24.0 Å². The smallest absolute Gasteiger partial charge is 0.191 e. The molecule has 0 spiro atoms. The molecule has 0 aliphatic heterocycles. The highest BCUT2D eigenvalue weighted by Gasteiger charge is 1.98. The summed E-state index contributed by atoms with van der Waals surface area (Å²) in [5.41, 5.74) is 1.21. The molecular weight excluding hydrogens is 365 g/mol. The summed E-state index contributed by atoms with van der Waals surface area (Å²) in [6.07, 6.45) is 4.99. The van der Waals surface area contributed by atoms with Gasteiger partial charge in [-0.3, -0.25) is 9.67 Å². The Labute approximate surface area is 139 Å². The van der Waals surface area contributed by atoms with Gasteiger partial charge in [-0.15, -0.1) is 24.0 Å². The zero-order valence-corrected chi connectivity index (χ0v) is 15.3. The maximum Gasteiger partial charge on any atom is 0.191 e. The number of aryl methyl sites for hydroxylation is 2. The van der Waals surface area contributed by atoms with Gasteiger partial charge in [-0.1, -0.05) is 13.8 Å². The zero-order valence-electron chi connectivity index (χ0n) is 13.0. The number of hydrogen-bond donors (Lipinski definition) is 2. The Morgan fingerprint density at radius 1 is 1.40 bits per heavy atom. The quantitative estimate of drug-likeness (QED) is 0.324. The fourth-order valence-electron chi connectivity index (χ4n) is 1.65. The Hall–Kier alpha value is -0.790. The van der Waals surface area contributed by atoms with Gasteiger partial charge in [0.05, 0.1) is 6.20 Å². The lowest BCUT2D eigenvalue weighted by Gasteiger charge is -2.12. The first-order valence-corrected chi connectivity index (χ1v) is 7.13. The highest BCUT2D eigenvalue weighted by molar-refractivity contribution is 14.0. The second-order valence-electron chi connectivity index (χ2n) is 5.17. The predicted molar refractivity (Wildman–Crippen MR) is 95.8 cm³/mol. The molecule has 1 aromatic heterocycles. The molecule has 0 radical (unpaired) electrons. The predicted octanol–water partition coefficient (Wildman–Crippen LogP) is 2.41. The van der Waals surface area contributed by atoms with Crippen molar-refractivity contribution < 1.29 is 0 Å². The van der Waals surface area contributed by atoms with Crippen LogP contribution < -0.4 is 10.6 Å². The Kier molecular flexibility index (Phi) is 10.5. The van der Waals surface area contributed by atoms with E-state index in [4.69, 9.17) is 0 Å². The number of rotatable bonds is 7. The molecule has 0 fully saturated rings. The molecule has 0 saturated carbocycles. The van der Waals surface area contributed by atoms with Crippen LogP contribution in [0, 0.1) is 12.8 Å². The molecule has 116 valence electrons. The number of nitrogens with zero attached hydrogens (tertiary/aromatic N) is 3. The van der Waals surface area contributed by atoms with E-state index in [0.717, 1.165) is 38.6 Å². The second kappa shape index (κ2) is 10.9. The first kappa shape index (κ1) is 19.2. The average Bonchev–Trinajstić information content (AvgIpc) is 2.77. The summed E-state index contributed by atoms with van der Waals surface area (Å²) in [7, 11) is 0. The van der Waals surface area contributed by atoms with Crippen LogP contribution in [0.4, 0.5) is 0 Å². The summed E-state index contributed by atoms with van der Waals surface area (Å²) in [6, 6.07) is 0. The topological polar surface area (TPSA) is 54.2 Å². The Morgan fingerprint density at radius 2 is 2.15 bits per heavy atom. The van der Waals surface area contributed by atoms with E-state index in [1.807, 2.05) is 10.9 Å². The van der Waals surface area contributed by atoms with E-state index in [1.54, 1.807) is 0 Å². The summed E-state index contributed by atoms with van der Waals surface area (Å²) in [6.45, 7) is 12.1. The highest BCUT2D eigenvalue weighted by atomic mass is 127. The molecular formula is C14H28IN5. The van der Waals surface area contributed by atoms with Crippen LogP contribution in [0.1, 0.15) is 32.8 Å². The molecule has 6 heteroatoms. The van der Waals surface area contributed by atoms with Crippen molar-refractivity contribution in [1.82, 2.24) is 20.4 Å². The van der Waals surface area contributed by atoms with Gasteiger partial charge in [0, 0.05) is 32.4 Å². The largest absolute Gasteiger partial charge is 0.357 e. The van der Waals surface area contributed by atoms with Crippen LogP contribution in [0.2, 0.25) is 0 Å². The zero-order chi connectivity index (χ0) is 14.1. The van der Waals surface area contributed by atoms with Crippen molar-refractivity contribution in [1.29, 1.82) is 0 Å². The minimum Gasteiger partial charge on any atom is -0.357 e. The van der Waals surface area contributed by atoms with Crippen LogP contribution in [0.25, 0.3) is 0 Å². The number of guanidine groups is 1. The summed E-state index contributed by atoms with van der Waals surface area (Å²) < 4.78 is 1.98. The number of aromatic nitrogens is 2. The van der Waals surface area contributed by atoms with Crippen LogP contribution in [-0.4, -0.2) is 35.4 Å². The van der Waals surface area contributed by atoms with Crippen molar-refractivity contribution in [3.05, 3.63) is 18.0 Å². The molecule has 0 saturated heterocycles. The summed E-state index contributed by atoms with van der Waals surface area (Å²) in [5.74, 6) is 1.50. The van der Waals surface area contributed by atoms with Gasteiger partial charge in [0.25, 0.3) is 0 Å². The maximum absolute atomic E-state index is 4.53. The first-order valence-electron chi connectivity index (χ1n) is 7.13. The molecule has 0 aliphatic carbocycles. The molecule has 1 heterocycles. The molecule has 0 aromatic carbocycles. The van der Waals surface area contributed by atoms with Crippen molar-refractivity contribution in [3.63, 3.8) is 0 Å². The summed E-state index contributed by atoms with van der Waals surface area (Å²) in [5, 5.41) is 10.9. The van der Waals surface area contributed by atoms with E-state index in [9.17, 15) is 0 Å². The third-order valence-corrected chi connectivity index (χ3v) is 2.58. The van der Waals surface area contributed by atoms with Crippen molar-refractivity contribution >= 4 is 29.9 Å². The fraction of sp³-hybridized carbons (Fsp3) is 0.714. The number of halogens is 1. The monoisotopic (exact) mass is 393 g/mol. The van der Waals surface area contributed by atoms with E-state index in [1.165, 1.54) is 5.56 Å². The van der Waals surface area contributed by atoms with Crippen LogP contribution in [0.15, 0.2) is 17.4 Å². The normalized spacial score (nSPS) is 11.3. The Balaban J connectivity index is 0.00000361. The lowest BCUT2D eigenvalue weighted by Crippen LogP contribution is -2.38. The van der Waals surface area contributed by atoms with Crippen molar-refractivity contribution in [2.45, 2.75) is 40.7 Å². The summed E-state index contributed by atoms with van der Waals surface area (Å²) >= 11 is 0. The fourth-order valence-corrected chi connectivity index (χ4v) is 1.65. The van der Waals surface area contributed by atoms with Gasteiger partial charge in [-0.25, -0.2) is 0 Å². The van der Waals surface area contributed by atoms with Crippen LogP contribution in [-0.2, 0) is 6.54 Å². The molecule has 0 amide bonds. The van der Waals surface area contributed by atoms with Crippen molar-refractivity contribution in [2.75, 3.05) is 19.6 Å². The minimum atomic E-state index is 0. The highest BCUT2D eigenvalue weighted by Crippen LogP contribution is 1.95. The van der Waals surface area contributed by atoms with E-state index in [2.05, 4.69) is 54.6 Å². The van der Waals surface area contributed by atoms with Gasteiger partial charge >= 0.3 is 0 Å². The van der Waals surface area contributed by atoms with E-state index < -0.39 is 0 Å². The van der Waals surface area contributed by atoms with Crippen LogP contribution in [0.5, 0.6) is 0 Å². The molecule has 0 bridgehead atoms. The van der Waals surface area contributed by atoms with Gasteiger partial charge in [-0.2, -0.15) is 5.10 Å². The van der Waals surface area contributed by atoms with Crippen molar-refractivity contribution in [2.24, 2.45) is 10.9 Å². The second-order valence-corrected chi connectivity index (χ2v) is 5.17. The summed E-state index contributed by atoms with van der Waals surface area (Å²) in [4.78, 5) is 4.53. The van der Waals surface area contributed by atoms with E-state index >= 15 is 0 Å². The number of nitrogens with one attached hydrogen (secondary N) is 2. The third-order valence-electron chi connectivity index (χ3n) is 2.58. The van der Waals surface area contributed by atoms with Gasteiger partial charge in [0.1, 0.15) is 0 Å². The number of hydrogen-bond acceptors (Lipinski definition) is 2. The minimum absolute atomic E-state index is 0. The SMILES string of the molecule is CCNC(=NCC(C)C)NCCCn1cc(C)cn1.I. The Bertz CT molecular complexity index is 387. The van der Waals surface area contributed by atoms with Gasteiger partial charge in [0.15, 0.2) is 5.96 Å². The van der Waals surface area contributed by atoms with E-state index in [-0.39, 0.29) is 24.0 Å². The maximum atomic E-state index is 4.53. The molecule has 20 heavy (non-hydrogen) atoms. The van der Waals surface area contributed by atoms with Gasteiger partial charge in [0.2, 0.25) is 0 Å². The Morgan fingerprint density at radius 3 is 2.70 bits per heavy atom. The first-order chi connectivity index (χ1) is 9.11. The molecule has 0 aliphatic rings. The number of aliphatic imine (C=N–C) groups is 1. The van der Waals surface area contributed by atoms with Crippen molar-refractivity contribution in [3.8, 4) is 0 Å².